The lowest BCUT2D eigenvalue weighted by atomic mass is 9.91. The Balaban J connectivity index is 2.29. The summed E-state index contributed by atoms with van der Waals surface area (Å²) in [7, 11) is -12.5. The average Bonchev–Trinajstić information content (AvgIpc) is 3.07. The van der Waals surface area contributed by atoms with Crippen LogP contribution < -0.4 is 4.74 Å². The van der Waals surface area contributed by atoms with Gasteiger partial charge in [0, 0.05) is 14.7 Å². The Labute approximate surface area is 290 Å². The molecule has 3 aromatic rings. The van der Waals surface area contributed by atoms with E-state index in [1.807, 2.05) is 0 Å². The van der Waals surface area contributed by atoms with Crippen molar-refractivity contribution in [1.82, 2.24) is 0 Å². The summed E-state index contributed by atoms with van der Waals surface area (Å²) in [5, 5.41) is -7.88. The Hall–Kier alpha value is -3.47. The van der Waals surface area contributed by atoms with Crippen LogP contribution >= 0.6 is 10.3 Å². The monoisotopic (exact) mass is 834 g/mol. The van der Waals surface area contributed by atoms with Crippen LogP contribution in [-0.4, -0.2) is 62.0 Å². The maximum Gasteiger partial charge on any atom is 0.460 e. The zero-order valence-corrected chi connectivity index (χ0v) is 27.7. The Kier molecular flexibility index (Phi) is 11.9. The van der Waals surface area contributed by atoms with E-state index in [1.165, 1.54) is 12.1 Å². The normalized spacial score (nSPS) is 15.0. The number of alkyl halides is 17. The molecule has 23 heteroatoms. The predicted octanol–water partition coefficient (Wildman–Crippen LogP) is 11.4. The van der Waals surface area contributed by atoms with Crippen LogP contribution in [0.15, 0.2) is 99.6 Å². The summed E-state index contributed by atoms with van der Waals surface area (Å²) in [5.41, 5.74) is 0. The van der Waals surface area contributed by atoms with Crippen LogP contribution in [0.25, 0.3) is 0 Å². The first-order valence-electron chi connectivity index (χ1n) is 14.3. The van der Waals surface area contributed by atoms with E-state index in [1.54, 1.807) is 6.92 Å². The lowest BCUT2D eigenvalue weighted by Crippen LogP contribution is -2.75. The van der Waals surface area contributed by atoms with Gasteiger partial charge in [0.05, 0.1) is 6.61 Å². The first kappa shape index (κ1) is 43.9. The summed E-state index contributed by atoms with van der Waals surface area (Å²) in [6, 6.07) is 14.8. The number of unbranched alkanes of at least 4 members (excludes halogenated alkanes) is 1. The Morgan fingerprint density at radius 2 is 0.849 bits per heavy atom. The van der Waals surface area contributed by atoms with Crippen LogP contribution in [-0.2, 0) is 13.7 Å². The zero-order chi connectivity index (χ0) is 40.7. The molecule has 3 rings (SSSR count). The van der Waals surface area contributed by atoms with Crippen LogP contribution in [0.1, 0.15) is 19.8 Å². The van der Waals surface area contributed by atoms with Gasteiger partial charge in [-0.1, -0.05) is 49.7 Å². The molecule has 0 aromatic heterocycles. The SMILES string of the molecule is CCCCOc1ccc(S(OS(=O)(=O)C(F)(F)C(F)(F)C(F)(F)C(F)(F)C(F)(F)C(F)(F)C(F)(F)C(F)(F)F)(c2ccccc2)c2ccccc2)cc1. The van der Waals surface area contributed by atoms with Crippen LogP contribution in [0.4, 0.5) is 74.6 Å². The number of rotatable bonds is 16. The lowest BCUT2D eigenvalue weighted by Gasteiger charge is -2.43. The van der Waals surface area contributed by atoms with Crippen molar-refractivity contribution in [2.45, 2.75) is 81.4 Å². The van der Waals surface area contributed by atoms with Gasteiger partial charge in [0.15, 0.2) is 0 Å². The van der Waals surface area contributed by atoms with Crippen molar-refractivity contribution >= 4 is 20.4 Å². The molecule has 0 atom stereocenters. The molecule has 298 valence electrons. The molecule has 0 saturated carbocycles. The third kappa shape index (κ3) is 6.89. The van der Waals surface area contributed by atoms with Crippen LogP contribution in [0.2, 0.25) is 0 Å². The van der Waals surface area contributed by atoms with Gasteiger partial charge in [0.1, 0.15) is 5.75 Å². The van der Waals surface area contributed by atoms with E-state index in [4.69, 9.17) is 4.74 Å². The molecule has 0 aliphatic heterocycles. The van der Waals surface area contributed by atoms with Crippen LogP contribution in [0.3, 0.4) is 0 Å². The van der Waals surface area contributed by atoms with Crippen molar-refractivity contribution in [2.75, 3.05) is 6.61 Å². The highest BCUT2D eigenvalue weighted by Crippen LogP contribution is 2.72. The summed E-state index contributed by atoms with van der Waals surface area (Å²) in [6.07, 6.45) is -6.76. The van der Waals surface area contributed by atoms with Gasteiger partial charge in [-0.15, -0.1) is 0 Å². The van der Waals surface area contributed by atoms with Crippen molar-refractivity contribution in [2.24, 2.45) is 0 Å². The second kappa shape index (κ2) is 14.3. The molecular formula is C30H23F17O4S2. The smallest absolute Gasteiger partial charge is 0.460 e. The van der Waals surface area contributed by atoms with E-state index in [-0.39, 0.29) is 12.4 Å². The Morgan fingerprint density at radius 3 is 1.23 bits per heavy atom. The lowest BCUT2D eigenvalue weighted by molar-refractivity contribution is -0.458. The molecule has 0 aliphatic rings. The minimum atomic E-state index is -8.98. The van der Waals surface area contributed by atoms with E-state index < -0.39 is 82.1 Å². The van der Waals surface area contributed by atoms with E-state index in [9.17, 15) is 74.3 Å². The molecule has 4 nitrogen and oxygen atoms in total. The van der Waals surface area contributed by atoms with Crippen molar-refractivity contribution in [3.8, 4) is 5.75 Å². The molecule has 0 amide bonds. The number of halogens is 17. The maximum absolute atomic E-state index is 15.4. The second-order valence-electron chi connectivity index (χ2n) is 10.8. The van der Waals surface area contributed by atoms with E-state index in [0.29, 0.717) is 12.8 Å². The summed E-state index contributed by atoms with van der Waals surface area (Å²) in [4.78, 5) is -1.55. The maximum atomic E-state index is 15.4. The van der Waals surface area contributed by atoms with Crippen molar-refractivity contribution in [3.63, 3.8) is 0 Å². The van der Waals surface area contributed by atoms with E-state index >= 15 is 8.78 Å². The molecular weight excluding hydrogens is 811 g/mol. The van der Waals surface area contributed by atoms with Gasteiger partial charge in [-0.25, -0.2) is 3.63 Å². The van der Waals surface area contributed by atoms with Gasteiger partial charge in [-0.2, -0.15) is 83.1 Å². The summed E-state index contributed by atoms with van der Waals surface area (Å²) in [5.74, 6) is -52.4. The zero-order valence-electron chi connectivity index (χ0n) is 26.1. The third-order valence-corrected chi connectivity index (χ3v) is 12.5. The molecule has 0 unspecified atom stereocenters. The minimum absolute atomic E-state index is 0.0482. The van der Waals surface area contributed by atoms with Gasteiger partial charge >= 0.3 is 57.1 Å². The molecule has 0 aliphatic carbocycles. The highest BCUT2D eigenvalue weighted by Gasteiger charge is 2.96. The standard InChI is InChI=1S/C30H23F17O4S2/c1-2-3-18-50-19-14-16-22(17-15-19)52(20-10-6-4-7-11-20,21-12-8-5-9-13-21)51-53(48,49)30(46,47)28(41,42)26(37,38)24(33,34)23(31,32)25(35,36)27(39,40)29(43,44)45/h4-17H,2-3,18H2,1H3. The second-order valence-corrected chi connectivity index (χ2v) is 15.3. The highest BCUT2D eigenvalue weighted by atomic mass is 32.3. The molecule has 0 spiro atoms. The van der Waals surface area contributed by atoms with Crippen LogP contribution in [0, 0.1) is 0 Å². The first-order valence-corrected chi connectivity index (χ1v) is 17.3. The van der Waals surface area contributed by atoms with Gasteiger partial charge in [-0.05, 0) is 65.3 Å². The first-order chi connectivity index (χ1) is 24.0. The molecule has 0 bridgehead atoms. The van der Waals surface area contributed by atoms with Gasteiger partial charge in [-0.3, -0.25) is 0 Å². The quantitative estimate of drug-likeness (QED) is 0.107. The van der Waals surface area contributed by atoms with E-state index in [0.717, 1.165) is 72.8 Å². The predicted molar refractivity (Wildman–Crippen MR) is 153 cm³/mol. The molecule has 0 N–H and O–H groups in total. The van der Waals surface area contributed by atoms with Gasteiger partial charge < -0.3 is 4.74 Å². The molecule has 3 aromatic carbocycles. The van der Waals surface area contributed by atoms with Gasteiger partial charge in [0.2, 0.25) is 0 Å². The molecule has 0 radical (unpaired) electrons. The van der Waals surface area contributed by atoms with E-state index in [2.05, 4.69) is 3.63 Å². The Bertz CT molecular complexity index is 1760. The summed E-state index contributed by atoms with van der Waals surface area (Å²) >= 11 is 0. The topological polar surface area (TPSA) is 52.6 Å². The van der Waals surface area contributed by atoms with Crippen molar-refractivity contribution in [3.05, 3.63) is 84.9 Å². The van der Waals surface area contributed by atoms with Crippen LogP contribution in [0.5, 0.6) is 5.75 Å². The fourth-order valence-electron chi connectivity index (χ4n) is 4.30. The van der Waals surface area contributed by atoms with Gasteiger partial charge in [0.25, 0.3) is 0 Å². The van der Waals surface area contributed by atoms with Crippen molar-refractivity contribution in [1.29, 1.82) is 0 Å². The molecule has 0 fully saturated rings. The largest absolute Gasteiger partial charge is 0.494 e. The number of hydrogen-bond acceptors (Lipinski definition) is 4. The number of benzene rings is 3. The minimum Gasteiger partial charge on any atom is -0.494 e. The molecule has 0 saturated heterocycles. The summed E-state index contributed by atoms with van der Waals surface area (Å²) in [6.45, 7) is 1.92. The number of ether oxygens (including phenoxy) is 1. The average molecular weight is 835 g/mol. The number of hydrogen-bond donors (Lipinski definition) is 0. The fourth-order valence-corrected chi connectivity index (χ4v) is 9.51. The fraction of sp³-hybridized carbons (Fsp3) is 0.400. The molecule has 53 heavy (non-hydrogen) atoms. The Morgan fingerprint density at radius 1 is 0.491 bits per heavy atom. The summed E-state index contributed by atoms with van der Waals surface area (Å²) < 4.78 is 274. The highest BCUT2D eigenvalue weighted by molar-refractivity contribution is 8.33. The third-order valence-electron chi connectivity index (χ3n) is 7.27. The van der Waals surface area contributed by atoms with Crippen molar-refractivity contribution < 1.29 is 91.4 Å². The molecule has 0 heterocycles.